The average molecular weight is 398 g/mol. The molecular weight excluding hydrogens is 374 g/mol. The predicted octanol–water partition coefficient (Wildman–Crippen LogP) is 4.65. The average Bonchev–Trinajstić information content (AvgIpc) is 3.11. The number of carbonyl (C=O) groups is 1. The van der Waals surface area contributed by atoms with Crippen molar-refractivity contribution in [2.75, 3.05) is 32.1 Å². The lowest BCUT2D eigenvalue weighted by atomic mass is 9.89. The Morgan fingerprint density at radius 3 is 2.82 bits per heavy atom. The van der Waals surface area contributed by atoms with E-state index in [4.69, 9.17) is 16.3 Å². The zero-order chi connectivity index (χ0) is 19.5. The number of aromatic amines is 1. The molecule has 0 saturated carbocycles. The third-order valence-electron chi connectivity index (χ3n) is 5.42. The Hall–Kier alpha value is -2.50. The predicted molar refractivity (Wildman–Crippen MR) is 113 cm³/mol. The van der Waals surface area contributed by atoms with Gasteiger partial charge in [-0.25, -0.2) is 0 Å². The van der Waals surface area contributed by atoms with Crippen LogP contribution in [0.3, 0.4) is 0 Å². The van der Waals surface area contributed by atoms with Crippen molar-refractivity contribution in [2.45, 2.75) is 18.8 Å². The normalized spacial score (nSPS) is 15.6. The zero-order valence-electron chi connectivity index (χ0n) is 15.9. The lowest BCUT2D eigenvalue weighted by molar-refractivity contribution is -0.117. The number of H-pyrrole nitrogens is 1. The first kappa shape index (κ1) is 18.8. The topological polar surface area (TPSA) is 57.4 Å². The van der Waals surface area contributed by atoms with Crippen molar-refractivity contribution in [1.82, 2.24) is 9.88 Å². The quantitative estimate of drug-likeness (QED) is 0.659. The summed E-state index contributed by atoms with van der Waals surface area (Å²) in [6.45, 7) is 2.22. The van der Waals surface area contributed by atoms with Crippen molar-refractivity contribution in [1.29, 1.82) is 0 Å². The van der Waals surface area contributed by atoms with Crippen LogP contribution in [0.25, 0.3) is 10.9 Å². The van der Waals surface area contributed by atoms with Gasteiger partial charge in [-0.2, -0.15) is 0 Å². The summed E-state index contributed by atoms with van der Waals surface area (Å²) in [5.41, 5.74) is 3.22. The van der Waals surface area contributed by atoms with Crippen LogP contribution in [0.15, 0.2) is 48.7 Å². The van der Waals surface area contributed by atoms with Gasteiger partial charge in [0.05, 0.1) is 13.7 Å². The molecule has 1 aliphatic heterocycles. The molecule has 0 unspecified atom stereocenters. The maximum Gasteiger partial charge on any atom is 0.238 e. The van der Waals surface area contributed by atoms with Crippen LogP contribution in [0.5, 0.6) is 5.75 Å². The second kappa shape index (κ2) is 8.25. The van der Waals surface area contributed by atoms with Gasteiger partial charge >= 0.3 is 0 Å². The summed E-state index contributed by atoms with van der Waals surface area (Å²) in [7, 11) is 1.69. The minimum Gasteiger partial charge on any atom is -0.497 e. The van der Waals surface area contributed by atoms with Crippen molar-refractivity contribution >= 4 is 34.1 Å². The molecule has 146 valence electrons. The van der Waals surface area contributed by atoms with E-state index < -0.39 is 0 Å². The van der Waals surface area contributed by atoms with Gasteiger partial charge in [0.15, 0.2) is 0 Å². The van der Waals surface area contributed by atoms with Crippen molar-refractivity contribution in [3.8, 4) is 5.75 Å². The maximum absolute atomic E-state index is 12.3. The summed E-state index contributed by atoms with van der Waals surface area (Å²) < 4.78 is 5.38. The SMILES string of the molecule is COc1ccc2[nH]cc(C3CCN(CC(=O)Nc4cccc(Cl)c4)CC3)c2c1. The Morgan fingerprint density at radius 1 is 1.25 bits per heavy atom. The molecule has 1 amide bonds. The van der Waals surface area contributed by atoms with Gasteiger partial charge in [0.1, 0.15) is 5.75 Å². The molecule has 1 fully saturated rings. The van der Waals surface area contributed by atoms with E-state index in [-0.39, 0.29) is 5.91 Å². The lowest BCUT2D eigenvalue weighted by Gasteiger charge is -2.31. The Balaban J connectivity index is 1.35. The van der Waals surface area contributed by atoms with Crippen LogP contribution in [0, 0.1) is 0 Å². The highest BCUT2D eigenvalue weighted by Crippen LogP contribution is 2.34. The van der Waals surface area contributed by atoms with Crippen LogP contribution in [-0.2, 0) is 4.79 Å². The number of fused-ring (bicyclic) bond motifs is 1. The number of hydrogen-bond acceptors (Lipinski definition) is 3. The number of rotatable bonds is 5. The molecule has 1 aliphatic rings. The van der Waals surface area contributed by atoms with Gasteiger partial charge < -0.3 is 15.0 Å². The molecule has 2 heterocycles. The molecule has 0 radical (unpaired) electrons. The van der Waals surface area contributed by atoms with Crippen molar-refractivity contribution in [3.63, 3.8) is 0 Å². The van der Waals surface area contributed by atoms with Crippen LogP contribution in [0.4, 0.5) is 5.69 Å². The highest BCUT2D eigenvalue weighted by Gasteiger charge is 2.24. The number of carbonyl (C=O) groups excluding carboxylic acids is 1. The molecule has 0 aliphatic carbocycles. The second-order valence-corrected chi connectivity index (χ2v) is 7.70. The number of anilines is 1. The van der Waals surface area contributed by atoms with Crippen molar-refractivity contribution in [3.05, 3.63) is 59.2 Å². The number of benzene rings is 2. The second-order valence-electron chi connectivity index (χ2n) is 7.26. The third kappa shape index (κ3) is 4.16. The van der Waals surface area contributed by atoms with Crippen LogP contribution < -0.4 is 10.1 Å². The molecule has 3 aromatic rings. The Bertz CT molecular complexity index is 977. The van der Waals surface area contributed by atoms with Gasteiger partial charge in [-0.1, -0.05) is 17.7 Å². The molecule has 0 spiro atoms. The number of halogens is 1. The number of nitrogens with zero attached hydrogens (tertiary/aromatic N) is 1. The van der Waals surface area contributed by atoms with Gasteiger partial charge in [-0.3, -0.25) is 9.69 Å². The van der Waals surface area contributed by atoms with E-state index >= 15 is 0 Å². The molecule has 2 N–H and O–H groups in total. The molecule has 5 nitrogen and oxygen atoms in total. The van der Waals surface area contributed by atoms with Crippen LogP contribution in [-0.4, -0.2) is 42.5 Å². The van der Waals surface area contributed by atoms with E-state index in [0.717, 1.165) is 42.9 Å². The van der Waals surface area contributed by atoms with Crippen molar-refractivity contribution < 1.29 is 9.53 Å². The summed E-state index contributed by atoms with van der Waals surface area (Å²) in [5.74, 6) is 1.37. The molecule has 2 aromatic carbocycles. The van der Waals surface area contributed by atoms with Crippen LogP contribution in [0.1, 0.15) is 24.3 Å². The highest BCUT2D eigenvalue weighted by atomic mass is 35.5. The van der Waals surface area contributed by atoms with E-state index in [1.807, 2.05) is 18.2 Å². The molecule has 4 rings (SSSR count). The summed E-state index contributed by atoms with van der Waals surface area (Å²) in [4.78, 5) is 17.9. The first-order chi connectivity index (χ1) is 13.6. The lowest BCUT2D eigenvalue weighted by Crippen LogP contribution is -2.38. The first-order valence-corrected chi connectivity index (χ1v) is 9.93. The van der Waals surface area contributed by atoms with Gasteiger partial charge in [-0.05, 0) is 73.8 Å². The first-order valence-electron chi connectivity index (χ1n) is 9.55. The maximum atomic E-state index is 12.3. The number of amides is 1. The molecule has 1 saturated heterocycles. The largest absolute Gasteiger partial charge is 0.497 e. The summed E-state index contributed by atoms with van der Waals surface area (Å²) in [6, 6.07) is 13.4. The van der Waals surface area contributed by atoms with Crippen molar-refractivity contribution in [2.24, 2.45) is 0 Å². The molecule has 0 atom stereocenters. The van der Waals surface area contributed by atoms with Gasteiger partial charge in [0, 0.05) is 27.8 Å². The Labute approximate surface area is 169 Å². The van der Waals surface area contributed by atoms with Crippen LogP contribution >= 0.6 is 11.6 Å². The monoisotopic (exact) mass is 397 g/mol. The van der Waals surface area contributed by atoms with Gasteiger partial charge in [-0.15, -0.1) is 0 Å². The number of nitrogens with one attached hydrogen (secondary N) is 2. The summed E-state index contributed by atoms with van der Waals surface area (Å²) in [5, 5.41) is 4.77. The third-order valence-corrected chi connectivity index (χ3v) is 5.66. The fourth-order valence-corrected chi connectivity index (χ4v) is 4.15. The van der Waals surface area contributed by atoms with E-state index in [1.54, 1.807) is 19.2 Å². The standard InChI is InChI=1S/C22H24ClN3O2/c1-28-18-5-6-21-19(12-18)20(13-24-21)15-7-9-26(10-8-15)14-22(27)25-17-4-2-3-16(23)11-17/h2-6,11-13,15,24H,7-10,14H2,1H3,(H,25,27). The number of likely N-dealkylation sites (tertiary alicyclic amines) is 1. The molecule has 0 bridgehead atoms. The molecule has 1 aromatic heterocycles. The Kier molecular flexibility index (Phi) is 5.55. The smallest absolute Gasteiger partial charge is 0.238 e. The van der Waals surface area contributed by atoms with Crippen LogP contribution in [0.2, 0.25) is 5.02 Å². The number of hydrogen-bond donors (Lipinski definition) is 2. The van der Waals surface area contributed by atoms with E-state index in [1.165, 1.54) is 10.9 Å². The fraction of sp³-hybridized carbons (Fsp3) is 0.318. The number of ether oxygens (including phenoxy) is 1. The zero-order valence-corrected chi connectivity index (χ0v) is 16.6. The van der Waals surface area contributed by atoms with E-state index in [9.17, 15) is 4.79 Å². The Morgan fingerprint density at radius 2 is 2.07 bits per heavy atom. The van der Waals surface area contributed by atoms with E-state index in [0.29, 0.717) is 17.5 Å². The number of methoxy groups -OCH3 is 1. The fourth-order valence-electron chi connectivity index (χ4n) is 3.96. The van der Waals surface area contributed by atoms with Gasteiger partial charge in [0.25, 0.3) is 0 Å². The molecule has 28 heavy (non-hydrogen) atoms. The van der Waals surface area contributed by atoms with Gasteiger partial charge in [0.2, 0.25) is 5.91 Å². The minimum absolute atomic E-state index is 0.00227. The highest BCUT2D eigenvalue weighted by molar-refractivity contribution is 6.30. The number of piperidine rings is 1. The van der Waals surface area contributed by atoms with E-state index in [2.05, 4.69) is 33.5 Å². The summed E-state index contributed by atoms with van der Waals surface area (Å²) >= 11 is 5.97. The molecule has 6 heteroatoms. The minimum atomic E-state index is -0.00227. The molecular formula is C22H24ClN3O2. The summed E-state index contributed by atoms with van der Waals surface area (Å²) in [6.07, 6.45) is 4.19. The number of aromatic nitrogens is 1.